The minimum atomic E-state index is -0.0620. The molecule has 5 rings (SSSR count). The Bertz CT molecular complexity index is 1190. The maximum Gasteiger partial charge on any atom is 0.241 e. The Kier molecular flexibility index (Phi) is 7.77. The van der Waals surface area contributed by atoms with Crippen molar-refractivity contribution in [2.75, 3.05) is 19.6 Å². The summed E-state index contributed by atoms with van der Waals surface area (Å²) < 4.78 is 6.47. The van der Waals surface area contributed by atoms with Crippen molar-refractivity contribution in [1.29, 1.82) is 0 Å². The number of hydrogen-bond acceptors (Lipinski definition) is 6. The van der Waals surface area contributed by atoms with Gasteiger partial charge in [0, 0.05) is 42.6 Å². The molecule has 2 aliphatic heterocycles. The third kappa shape index (κ3) is 6.20. The van der Waals surface area contributed by atoms with E-state index in [9.17, 15) is 9.59 Å². The van der Waals surface area contributed by atoms with Crippen LogP contribution in [0, 0.1) is 5.92 Å². The average molecular weight is 552 g/mol. The fourth-order valence-electron chi connectivity index (χ4n) is 4.83. The molecular formula is C27H30BrN5O3. The summed E-state index contributed by atoms with van der Waals surface area (Å²) >= 11 is 3.43. The molecule has 1 unspecified atom stereocenters. The molecule has 1 atom stereocenters. The molecule has 2 amide bonds. The van der Waals surface area contributed by atoms with Gasteiger partial charge in [0.2, 0.25) is 23.5 Å². The molecule has 0 radical (unpaired) electrons. The predicted octanol–water partition coefficient (Wildman–Crippen LogP) is 4.15. The number of rotatable bonds is 8. The number of carbonyl (C=O) groups is 2. The fourth-order valence-corrected chi connectivity index (χ4v) is 5.09. The highest BCUT2D eigenvalue weighted by atomic mass is 79.9. The van der Waals surface area contributed by atoms with Gasteiger partial charge in [0.05, 0.1) is 12.5 Å². The Labute approximate surface area is 219 Å². The summed E-state index contributed by atoms with van der Waals surface area (Å²) in [5, 5.41) is 7.21. The van der Waals surface area contributed by atoms with Crippen molar-refractivity contribution in [3.05, 3.63) is 70.0 Å². The van der Waals surface area contributed by atoms with Gasteiger partial charge in [-0.1, -0.05) is 45.4 Å². The minimum absolute atomic E-state index is 0.0620. The van der Waals surface area contributed by atoms with Gasteiger partial charge in [-0.05, 0) is 61.2 Å². The molecule has 0 spiro atoms. The number of aromatic nitrogens is 2. The van der Waals surface area contributed by atoms with E-state index >= 15 is 0 Å². The third-order valence-corrected chi connectivity index (χ3v) is 7.37. The number of halogens is 1. The van der Waals surface area contributed by atoms with Gasteiger partial charge in [0.15, 0.2) is 0 Å². The molecule has 8 nitrogen and oxygen atoms in total. The van der Waals surface area contributed by atoms with Crippen LogP contribution in [-0.2, 0) is 29.2 Å². The quantitative estimate of drug-likeness (QED) is 0.452. The van der Waals surface area contributed by atoms with Crippen LogP contribution in [0.5, 0.6) is 0 Å². The normalized spacial score (nSPS) is 18.5. The van der Waals surface area contributed by atoms with Gasteiger partial charge in [-0.15, -0.1) is 0 Å². The smallest absolute Gasteiger partial charge is 0.241 e. The Hall–Kier alpha value is -3.04. The molecule has 1 aromatic heterocycles. The van der Waals surface area contributed by atoms with Crippen LogP contribution in [0.1, 0.15) is 42.7 Å². The number of nitrogens with zero attached hydrogens (tertiary/aromatic N) is 4. The zero-order chi connectivity index (χ0) is 24.9. The SMILES string of the molecule is O=C(NCc1ccc(CN2CCCC2=O)cc1)C1CCCN(Cc2nc(-c3ccc(Br)cc3)no2)C1. The molecule has 9 heteroatoms. The summed E-state index contributed by atoms with van der Waals surface area (Å²) in [6.45, 7) is 4.11. The fraction of sp³-hybridized carbons (Fsp3) is 0.407. The van der Waals surface area contributed by atoms with Crippen LogP contribution in [0.4, 0.5) is 0 Å². The van der Waals surface area contributed by atoms with Crippen molar-refractivity contribution >= 4 is 27.7 Å². The molecule has 2 saturated heterocycles. The maximum absolute atomic E-state index is 12.9. The number of carbonyl (C=O) groups excluding carboxylic acids is 2. The van der Waals surface area contributed by atoms with Crippen molar-refractivity contribution in [1.82, 2.24) is 25.3 Å². The van der Waals surface area contributed by atoms with E-state index in [0.717, 1.165) is 53.5 Å². The third-order valence-electron chi connectivity index (χ3n) is 6.84. The van der Waals surface area contributed by atoms with Gasteiger partial charge >= 0.3 is 0 Å². The van der Waals surface area contributed by atoms with E-state index in [4.69, 9.17) is 4.52 Å². The summed E-state index contributed by atoms with van der Waals surface area (Å²) in [6, 6.07) is 15.9. The molecule has 36 heavy (non-hydrogen) atoms. The number of benzene rings is 2. The van der Waals surface area contributed by atoms with Gasteiger partial charge in [-0.2, -0.15) is 4.98 Å². The van der Waals surface area contributed by atoms with Gasteiger partial charge in [-0.25, -0.2) is 0 Å². The second kappa shape index (κ2) is 11.3. The molecule has 2 aromatic carbocycles. The van der Waals surface area contributed by atoms with Crippen molar-refractivity contribution < 1.29 is 14.1 Å². The number of likely N-dealkylation sites (tertiary alicyclic amines) is 2. The van der Waals surface area contributed by atoms with Crippen LogP contribution in [0.25, 0.3) is 11.4 Å². The van der Waals surface area contributed by atoms with Crippen molar-refractivity contribution in [3.8, 4) is 11.4 Å². The molecule has 1 N–H and O–H groups in total. The Balaban J connectivity index is 1.09. The Morgan fingerprint density at radius 2 is 1.81 bits per heavy atom. The minimum Gasteiger partial charge on any atom is -0.352 e. The molecule has 3 aromatic rings. The Morgan fingerprint density at radius 3 is 2.56 bits per heavy atom. The van der Waals surface area contributed by atoms with E-state index in [0.29, 0.717) is 44.3 Å². The summed E-state index contributed by atoms with van der Waals surface area (Å²) in [4.78, 5) is 33.4. The molecule has 3 heterocycles. The predicted molar refractivity (Wildman–Crippen MR) is 138 cm³/mol. The standard InChI is InChI=1S/C27H30BrN5O3/c28-23-11-9-21(10-12-23)26-30-24(36-31-26)18-32-13-1-3-22(17-32)27(35)29-15-19-5-7-20(8-6-19)16-33-14-2-4-25(33)34/h5-12,22H,1-4,13-18H2,(H,29,35). The number of amides is 2. The number of nitrogens with one attached hydrogen (secondary N) is 1. The summed E-state index contributed by atoms with van der Waals surface area (Å²) in [7, 11) is 0. The van der Waals surface area contributed by atoms with Crippen molar-refractivity contribution in [2.24, 2.45) is 5.92 Å². The van der Waals surface area contributed by atoms with Crippen LogP contribution in [0.2, 0.25) is 0 Å². The monoisotopic (exact) mass is 551 g/mol. The van der Waals surface area contributed by atoms with Crippen LogP contribution in [0.3, 0.4) is 0 Å². The van der Waals surface area contributed by atoms with E-state index in [2.05, 4.69) is 36.3 Å². The number of piperidine rings is 1. The molecule has 0 saturated carbocycles. The lowest BCUT2D eigenvalue weighted by Gasteiger charge is -2.30. The first-order valence-corrected chi connectivity index (χ1v) is 13.3. The summed E-state index contributed by atoms with van der Waals surface area (Å²) in [5.74, 6) is 1.38. The zero-order valence-corrected chi connectivity index (χ0v) is 21.7. The highest BCUT2D eigenvalue weighted by Gasteiger charge is 2.27. The lowest BCUT2D eigenvalue weighted by atomic mass is 9.97. The molecule has 0 aliphatic carbocycles. The Morgan fingerprint density at radius 1 is 1.03 bits per heavy atom. The molecule has 2 aliphatic rings. The second-order valence-electron chi connectivity index (χ2n) is 9.55. The molecule has 2 fully saturated rings. The zero-order valence-electron chi connectivity index (χ0n) is 20.2. The molecular weight excluding hydrogens is 522 g/mol. The average Bonchev–Trinajstić information content (AvgIpc) is 3.53. The highest BCUT2D eigenvalue weighted by molar-refractivity contribution is 9.10. The lowest BCUT2D eigenvalue weighted by molar-refractivity contribution is -0.128. The first kappa shape index (κ1) is 24.6. The first-order chi connectivity index (χ1) is 17.5. The maximum atomic E-state index is 12.9. The molecule has 0 bridgehead atoms. The van der Waals surface area contributed by atoms with Gasteiger partial charge in [0.25, 0.3) is 0 Å². The van der Waals surface area contributed by atoms with E-state index in [1.165, 1.54) is 0 Å². The number of hydrogen-bond donors (Lipinski definition) is 1. The summed E-state index contributed by atoms with van der Waals surface area (Å²) in [6.07, 6.45) is 3.43. The van der Waals surface area contributed by atoms with Gasteiger partial charge < -0.3 is 14.7 Å². The first-order valence-electron chi connectivity index (χ1n) is 12.5. The largest absolute Gasteiger partial charge is 0.352 e. The van der Waals surface area contributed by atoms with E-state index in [-0.39, 0.29) is 17.7 Å². The second-order valence-corrected chi connectivity index (χ2v) is 10.5. The van der Waals surface area contributed by atoms with Gasteiger partial charge in [0.1, 0.15) is 0 Å². The van der Waals surface area contributed by atoms with E-state index in [1.807, 2.05) is 53.4 Å². The van der Waals surface area contributed by atoms with Gasteiger partial charge in [-0.3, -0.25) is 14.5 Å². The van der Waals surface area contributed by atoms with Crippen molar-refractivity contribution in [2.45, 2.75) is 45.3 Å². The van der Waals surface area contributed by atoms with Crippen LogP contribution < -0.4 is 5.32 Å². The van der Waals surface area contributed by atoms with Crippen LogP contribution in [-0.4, -0.2) is 51.4 Å². The topological polar surface area (TPSA) is 91.6 Å². The highest BCUT2D eigenvalue weighted by Crippen LogP contribution is 2.22. The van der Waals surface area contributed by atoms with Crippen molar-refractivity contribution in [3.63, 3.8) is 0 Å². The van der Waals surface area contributed by atoms with E-state index in [1.54, 1.807) is 0 Å². The molecule has 188 valence electrons. The van der Waals surface area contributed by atoms with Crippen LogP contribution in [0.15, 0.2) is 57.5 Å². The summed E-state index contributed by atoms with van der Waals surface area (Å²) in [5.41, 5.74) is 3.08. The van der Waals surface area contributed by atoms with Crippen LogP contribution >= 0.6 is 15.9 Å². The lowest BCUT2D eigenvalue weighted by Crippen LogP contribution is -2.42. The van der Waals surface area contributed by atoms with E-state index < -0.39 is 0 Å².